The molecule has 0 radical (unpaired) electrons. The van der Waals surface area contributed by atoms with Crippen molar-refractivity contribution in [2.75, 3.05) is 7.05 Å². The third-order valence-electron chi connectivity index (χ3n) is 2.80. The first-order chi connectivity index (χ1) is 11.1. The number of imide groups is 1. The molecule has 0 aliphatic carbocycles. The van der Waals surface area contributed by atoms with Crippen molar-refractivity contribution < 1.29 is 19.1 Å². The van der Waals surface area contributed by atoms with Gasteiger partial charge in [0, 0.05) is 25.0 Å². The van der Waals surface area contributed by atoms with Crippen molar-refractivity contribution in [3.05, 3.63) is 60.2 Å². The summed E-state index contributed by atoms with van der Waals surface area (Å²) in [6.07, 6.45) is 2.67. The number of carbonyl (C=O) groups is 3. The summed E-state index contributed by atoms with van der Waals surface area (Å²) in [7, 11) is 1.37. The van der Waals surface area contributed by atoms with Crippen LogP contribution >= 0.6 is 0 Å². The first kappa shape index (κ1) is 16.1. The van der Waals surface area contributed by atoms with E-state index < -0.39 is 24.0 Å². The van der Waals surface area contributed by atoms with Crippen LogP contribution in [0.15, 0.2) is 48.9 Å². The van der Waals surface area contributed by atoms with Crippen LogP contribution in [0.25, 0.3) is 0 Å². The molecule has 1 aromatic heterocycles. The lowest BCUT2D eigenvalue weighted by molar-refractivity contribution is -0.129. The fourth-order valence-corrected chi connectivity index (χ4v) is 1.71. The second-order valence-electron chi connectivity index (χ2n) is 4.36. The van der Waals surface area contributed by atoms with Crippen LogP contribution in [-0.4, -0.2) is 34.9 Å². The lowest BCUT2D eigenvalue weighted by Gasteiger charge is -2.17. The Balaban J connectivity index is 2.22. The zero-order valence-corrected chi connectivity index (χ0v) is 12.2. The van der Waals surface area contributed by atoms with Crippen molar-refractivity contribution in [1.82, 2.24) is 20.6 Å². The molecule has 23 heavy (non-hydrogen) atoms. The molecule has 0 unspecified atom stereocenters. The van der Waals surface area contributed by atoms with E-state index in [1.165, 1.54) is 25.6 Å². The molecule has 2 rings (SSSR count). The molecule has 0 aliphatic heterocycles. The monoisotopic (exact) mass is 314 g/mol. The maximum Gasteiger partial charge on any atom is 0.359 e. The molecule has 1 aromatic carbocycles. The first-order valence-corrected chi connectivity index (χ1v) is 6.66. The number of benzene rings is 1. The van der Waals surface area contributed by atoms with Crippen molar-refractivity contribution in [3.63, 3.8) is 0 Å². The summed E-state index contributed by atoms with van der Waals surface area (Å²) in [5.74, 6) is -1.59. The second-order valence-corrected chi connectivity index (χ2v) is 4.36. The topological polar surface area (TPSA) is 110 Å². The second kappa shape index (κ2) is 7.64. The van der Waals surface area contributed by atoms with E-state index in [-0.39, 0.29) is 5.69 Å². The summed E-state index contributed by atoms with van der Waals surface area (Å²) in [5, 5.41) is 4.34. The molecular weight excluding hydrogens is 300 g/mol. The van der Waals surface area contributed by atoms with E-state index in [0.717, 1.165) is 0 Å². The van der Waals surface area contributed by atoms with Crippen LogP contribution in [0.2, 0.25) is 0 Å². The number of nitrogens with one attached hydrogen (secondary N) is 2. The van der Waals surface area contributed by atoms with Gasteiger partial charge in [-0.3, -0.25) is 15.1 Å². The van der Waals surface area contributed by atoms with Gasteiger partial charge < -0.3 is 10.1 Å². The van der Waals surface area contributed by atoms with Gasteiger partial charge in [0.15, 0.2) is 5.69 Å². The lowest BCUT2D eigenvalue weighted by atomic mass is 10.1. The third kappa shape index (κ3) is 4.34. The van der Waals surface area contributed by atoms with E-state index in [1.807, 2.05) is 0 Å². The van der Waals surface area contributed by atoms with Gasteiger partial charge in [0.1, 0.15) is 0 Å². The van der Waals surface area contributed by atoms with Gasteiger partial charge in [-0.15, -0.1) is 0 Å². The van der Waals surface area contributed by atoms with Gasteiger partial charge in [-0.25, -0.2) is 14.6 Å². The molecule has 0 fully saturated rings. The Bertz CT molecular complexity index is 691. The molecule has 0 spiro atoms. The SMILES string of the molecule is CNC(=O)NC(=O)[C@H](OC(=O)c1cnccn1)c1ccccc1. The van der Waals surface area contributed by atoms with Gasteiger partial charge in [0.05, 0.1) is 6.20 Å². The summed E-state index contributed by atoms with van der Waals surface area (Å²) in [6, 6.07) is 7.64. The molecule has 2 aromatic rings. The van der Waals surface area contributed by atoms with Crippen LogP contribution in [0.5, 0.6) is 0 Å². The van der Waals surface area contributed by atoms with Crippen molar-refractivity contribution >= 4 is 17.9 Å². The van der Waals surface area contributed by atoms with Crippen LogP contribution in [0.1, 0.15) is 22.2 Å². The van der Waals surface area contributed by atoms with Gasteiger partial charge in [0.2, 0.25) is 6.10 Å². The maximum absolute atomic E-state index is 12.2. The van der Waals surface area contributed by atoms with E-state index >= 15 is 0 Å². The summed E-state index contributed by atoms with van der Waals surface area (Å²) in [6.45, 7) is 0. The lowest BCUT2D eigenvalue weighted by Crippen LogP contribution is -2.41. The highest BCUT2D eigenvalue weighted by Gasteiger charge is 2.27. The highest BCUT2D eigenvalue weighted by molar-refractivity contribution is 5.98. The number of carbonyl (C=O) groups excluding carboxylic acids is 3. The standard InChI is InChI=1S/C15H14N4O4/c1-16-15(22)19-13(20)12(10-5-3-2-4-6-10)23-14(21)11-9-17-7-8-18-11/h2-9,12H,1H3,(H2,16,19,20,22)/t12-/m1/s1. The number of urea groups is 1. The Morgan fingerprint density at radius 1 is 1.13 bits per heavy atom. The third-order valence-corrected chi connectivity index (χ3v) is 2.80. The quantitative estimate of drug-likeness (QED) is 0.809. The Morgan fingerprint density at radius 2 is 1.87 bits per heavy atom. The van der Waals surface area contributed by atoms with Crippen molar-refractivity contribution in [2.45, 2.75) is 6.10 Å². The number of ether oxygens (including phenoxy) is 1. The molecule has 8 heteroatoms. The Hall–Kier alpha value is -3.29. The predicted molar refractivity (Wildman–Crippen MR) is 79.2 cm³/mol. The number of nitrogens with zero attached hydrogens (tertiary/aromatic N) is 2. The molecule has 0 saturated carbocycles. The van der Waals surface area contributed by atoms with Gasteiger partial charge in [-0.05, 0) is 0 Å². The molecule has 0 bridgehead atoms. The van der Waals surface area contributed by atoms with Gasteiger partial charge in [-0.2, -0.15) is 0 Å². The summed E-state index contributed by atoms with van der Waals surface area (Å²) < 4.78 is 5.20. The molecule has 1 atom stereocenters. The fraction of sp³-hybridized carbons (Fsp3) is 0.133. The highest BCUT2D eigenvalue weighted by Crippen LogP contribution is 2.19. The summed E-state index contributed by atoms with van der Waals surface area (Å²) >= 11 is 0. The minimum absolute atomic E-state index is 0.0406. The molecule has 1 heterocycles. The zero-order chi connectivity index (χ0) is 16.7. The van der Waals surface area contributed by atoms with Crippen molar-refractivity contribution in [3.8, 4) is 0 Å². The molecule has 2 N–H and O–H groups in total. The maximum atomic E-state index is 12.2. The number of hydrogen-bond acceptors (Lipinski definition) is 6. The zero-order valence-electron chi connectivity index (χ0n) is 12.2. The number of esters is 1. The molecule has 0 saturated heterocycles. The largest absolute Gasteiger partial charge is 0.442 e. The first-order valence-electron chi connectivity index (χ1n) is 6.66. The number of hydrogen-bond donors (Lipinski definition) is 2. The average molecular weight is 314 g/mol. The normalized spacial score (nSPS) is 11.2. The highest BCUT2D eigenvalue weighted by atomic mass is 16.5. The van der Waals surface area contributed by atoms with Crippen LogP contribution in [0.4, 0.5) is 4.79 Å². The van der Waals surface area contributed by atoms with Gasteiger partial charge in [0.25, 0.3) is 5.91 Å². The van der Waals surface area contributed by atoms with Crippen LogP contribution in [0, 0.1) is 0 Å². The number of rotatable bonds is 4. The molecule has 118 valence electrons. The Labute approximate surface area is 131 Å². The number of aromatic nitrogens is 2. The van der Waals surface area contributed by atoms with Gasteiger partial charge in [-0.1, -0.05) is 30.3 Å². The van der Waals surface area contributed by atoms with Crippen molar-refractivity contribution in [2.24, 2.45) is 0 Å². The van der Waals surface area contributed by atoms with Gasteiger partial charge >= 0.3 is 12.0 Å². The van der Waals surface area contributed by atoms with E-state index in [1.54, 1.807) is 30.3 Å². The average Bonchev–Trinajstić information content (AvgIpc) is 2.60. The Morgan fingerprint density at radius 3 is 2.48 bits per heavy atom. The summed E-state index contributed by atoms with van der Waals surface area (Å²) in [4.78, 5) is 43.2. The van der Waals surface area contributed by atoms with Crippen LogP contribution in [-0.2, 0) is 9.53 Å². The molecular formula is C15H14N4O4. The fourth-order valence-electron chi connectivity index (χ4n) is 1.71. The Kier molecular flexibility index (Phi) is 5.35. The van der Waals surface area contributed by atoms with E-state index in [4.69, 9.17) is 4.74 Å². The van der Waals surface area contributed by atoms with Crippen LogP contribution < -0.4 is 10.6 Å². The molecule has 8 nitrogen and oxygen atoms in total. The smallest absolute Gasteiger partial charge is 0.359 e. The minimum atomic E-state index is -1.29. The van der Waals surface area contributed by atoms with E-state index in [2.05, 4.69) is 20.6 Å². The van der Waals surface area contributed by atoms with Crippen LogP contribution in [0.3, 0.4) is 0 Å². The van der Waals surface area contributed by atoms with Crippen molar-refractivity contribution in [1.29, 1.82) is 0 Å². The molecule has 0 aliphatic rings. The number of amides is 3. The predicted octanol–water partition coefficient (Wildman–Crippen LogP) is 0.830. The van der Waals surface area contributed by atoms with E-state index in [9.17, 15) is 14.4 Å². The summed E-state index contributed by atoms with van der Waals surface area (Å²) in [5.41, 5.74) is 0.382. The minimum Gasteiger partial charge on any atom is -0.442 e. The molecule has 3 amide bonds. The van der Waals surface area contributed by atoms with E-state index in [0.29, 0.717) is 5.56 Å².